The number of Topliss-reactive ketones (excluding diaryl/α,β-unsaturated/α-hetero) is 1. The van der Waals surface area contributed by atoms with Gasteiger partial charge in [-0.1, -0.05) is 0 Å². The van der Waals surface area contributed by atoms with E-state index in [4.69, 9.17) is 0 Å². The van der Waals surface area contributed by atoms with E-state index < -0.39 is 0 Å². The summed E-state index contributed by atoms with van der Waals surface area (Å²) in [4.78, 5) is 25.7. The van der Waals surface area contributed by atoms with Crippen molar-refractivity contribution in [1.82, 2.24) is 4.90 Å². The molecular weight excluding hydrogens is 372 g/mol. The molecule has 0 N–H and O–H groups in total. The van der Waals surface area contributed by atoms with Gasteiger partial charge < -0.3 is 4.90 Å². The van der Waals surface area contributed by atoms with Crippen LogP contribution in [0.3, 0.4) is 0 Å². The zero-order valence-corrected chi connectivity index (χ0v) is 13.5. The normalized spacial score (nSPS) is 18.9. The lowest BCUT2D eigenvalue weighted by atomic mass is 9.97. The standard InChI is InChI=1S/C15H17FINO2/c1-10(19)8-12-4-2-3-7-18(12)15(20)13-6-5-11(16)9-14(13)17/h5-6,9,12H,2-4,7-8H2,1H3. The van der Waals surface area contributed by atoms with Crippen LogP contribution in [0.4, 0.5) is 4.39 Å². The third kappa shape index (κ3) is 3.56. The summed E-state index contributed by atoms with van der Waals surface area (Å²) < 4.78 is 13.7. The van der Waals surface area contributed by atoms with E-state index in [1.54, 1.807) is 11.8 Å². The molecule has 108 valence electrons. The summed E-state index contributed by atoms with van der Waals surface area (Å²) in [6, 6.07) is 4.17. The van der Waals surface area contributed by atoms with Crippen molar-refractivity contribution in [3.63, 3.8) is 0 Å². The van der Waals surface area contributed by atoms with Crippen molar-refractivity contribution < 1.29 is 14.0 Å². The number of hydrogen-bond acceptors (Lipinski definition) is 2. The van der Waals surface area contributed by atoms with E-state index in [1.165, 1.54) is 18.2 Å². The monoisotopic (exact) mass is 389 g/mol. The van der Waals surface area contributed by atoms with Crippen molar-refractivity contribution in [3.05, 3.63) is 33.1 Å². The van der Waals surface area contributed by atoms with Crippen LogP contribution in [0.5, 0.6) is 0 Å². The van der Waals surface area contributed by atoms with Gasteiger partial charge in [0.1, 0.15) is 11.6 Å². The molecule has 5 heteroatoms. The number of rotatable bonds is 3. The van der Waals surface area contributed by atoms with Crippen molar-refractivity contribution in [2.24, 2.45) is 0 Å². The Bertz CT molecular complexity index is 533. The molecular formula is C15H17FINO2. The molecule has 1 fully saturated rings. The summed E-state index contributed by atoms with van der Waals surface area (Å²) in [5.74, 6) is -0.339. The van der Waals surface area contributed by atoms with E-state index in [2.05, 4.69) is 0 Å². The van der Waals surface area contributed by atoms with Crippen LogP contribution in [-0.2, 0) is 4.79 Å². The minimum atomic E-state index is -0.343. The first-order valence-corrected chi connectivity index (χ1v) is 7.82. The van der Waals surface area contributed by atoms with Crippen LogP contribution in [0.15, 0.2) is 18.2 Å². The average molecular weight is 389 g/mol. The highest BCUT2D eigenvalue weighted by Crippen LogP contribution is 2.24. The van der Waals surface area contributed by atoms with Gasteiger partial charge in [-0.25, -0.2) is 4.39 Å². The number of ketones is 1. The molecule has 1 unspecified atom stereocenters. The Morgan fingerprint density at radius 1 is 1.40 bits per heavy atom. The number of amides is 1. The maximum atomic E-state index is 13.1. The largest absolute Gasteiger partial charge is 0.335 e. The van der Waals surface area contributed by atoms with Gasteiger partial charge in [-0.15, -0.1) is 0 Å². The number of nitrogens with zero attached hydrogens (tertiary/aromatic N) is 1. The van der Waals surface area contributed by atoms with Crippen molar-refractivity contribution in [2.45, 2.75) is 38.6 Å². The summed E-state index contributed by atoms with van der Waals surface area (Å²) in [7, 11) is 0. The highest BCUT2D eigenvalue weighted by atomic mass is 127. The molecule has 1 amide bonds. The fourth-order valence-electron chi connectivity index (χ4n) is 2.63. The third-order valence-electron chi connectivity index (χ3n) is 3.57. The van der Waals surface area contributed by atoms with E-state index in [1.807, 2.05) is 22.6 Å². The lowest BCUT2D eigenvalue weighted by Gasteiger charge is -2.35. The lowest BCUT2D eigenvalue weighted by molar-refractivity contribution is -0.118. The van der Waals surface area contributed by atoms with Gasteiger partial charge in [0.2, 0.25) is 0 Å². The molecule has 3 nitrogen and oxygen atoms in total. The first kappa shape index (κ1) is 15.4. The summed E-state index contributed by atoms with van der Waals surface area (Å²) in [6.07, 6.45) is 3.27. The fourth-order valence-corrected chi connectivity index (χ4v) is 3.34. The first-order chi connectivity index (χ1) is 9.49. The van der Waals surface area contributed by atoms with E-state index in [9.17, 15) is 14.0 Å². The van der Waals surface area contributed by atoms with Gasteiger partial charge in [0, 0.05) is 22.6 Å². The van der Waals surface area contributed by atoms with Crippen LogP contribution in [0.2, 0.25) is 0 Å². The van der Waals surface area contributed by atoms with Gasteiger partial charge in [0.25, 0.3) is 5.91 Å². The Morgan fingerprint density at radius 3 is 2.80 bits per heavy atom. The van der Waals surface area contributed by atoms with Crippen LogP contribution in [0, 0.1) is 9.39 Å². The topological polar surface area (TPSA) is 37.4 Å². The van der Waals surface area contributed by atoms with Crippen LogP contribution in [-0.4, -0.2) is 29.2 Å². The van der Waals surface area contributed by atoms with Gasteiger partial charge in [-0.05, 0) is 67.0 Å². The number of halogens is 2. The maximum Gasteiger partial charge on any atom is 0.255 e. The van der Waals surface area contributed by atoms with Gasteiger partial charge in [-0.2, -0.15) is 0 Å². The Hall–Kier alpha value is -0.980. The summed E-state index contributed by atoms with van der Waals surface area (Å²) in [5, 5.41) is 0. The molecule has 2 rings (SSSR count). The molecule has 0 radical (unpaired) electrons. The molecule has 1 saturated heterocycles. The molecule has 0 aromatic heterocycles. The Kier molecular flexibility index (Phi) is 5.12. The van der Waals surface area contributed by atoms with Crippen molar-refractivity contribution in [1.29, 1.82) is 0 Å². The summed E-state index contributed by atoms with van der Waals surface area (Å²) in [5.41, 5.74) is 0.516. The molecule has 1 aromatic carbocycles. The van der Waals surface area contributed by atoms with Crippen LogP contribution in [0.25, 0.3) is 0 Å². The Balaban J connectivity index is 2.22. The molecule has 1 atom stereocenters. The second-order valence-corrected chi connectivity index (χ2v) is 6.34. The third-order valence-corrected chi connectivity index (χ3v) is 4.47. The second kappa shape index (κ2) is 6.65. The number of benzene rings is 1. The Morgan fingerprint density at radius 2 is 2.15 bits per heavy atom. The van der Waals surface area contributed by atoms with E-state index in [0.717, 1.165) is 19.3 Å². The lowest BCUT2D eigenvalue weighted by Crippen LogP contribution is -2.44. The smallest absolute Gasteiger partial charge is 0.255 e. The maximum absolute atomic E-state index is 13.1. The number of likely N-dealkylation sites (tertiary alicyclic amines) is 1. The van der Waals surface area contributed by atoms with Crippen molar-refractivity contribution >= 4 is 34.3 Å². The molecule has 0 aliphatic carbocycles. The Labute approximate surface area is 131 Å². The molecule has 0 saturated carbocycles. The van der Waals surface area contributed by atoms with Gasteiger partial charge in [-0.3, -0.25) is 9.59 Å². The molecule has 1 aliphatic heterocycles. The number of carbonyl (C=O) groups excluding carboxylic acids is 2. The molecule has 1 aromatic rings. The molecule has 1 heterocycles. The SMILES string of the molecule is CC(=O)CC1CCCCN1C(=O)c1ccc(F)cc1I. The summed E-state index contributed by atoms with van der Waals surface area (Å²) in [6.45, 7) is 2.23. The van der Waals surface area contributed by atoms with Crippen molar-refractivity contribution in [3.8, 4) is 0 Å². The van der Waals surface area contributed by atoms with Crippen LogP contribution < -0.4 is 0 Å². The highest BCUT2D eigenvalue weighted by Gasteiger charge is 2.29. The van der Waals surface area contributed by atoms with Gasteiger partial charge in [0.15, 0.2) is 0 Å². The van der Waals surface area contributed by atoms with E-state index in [0.29, 0.717) is 22.1 Å². The zero-order valence-electron chi connectivity index (χ0n) is 11.4. The minimum Gasteiger partial charge on any atom is -0.335 e. The number of carbonyl (C=O) groups is 2. The number of piperidine rings is 1. The van der Waals surface area contributed by atoms with E-state index in [-0.39, 0.29) is 23.5 Å². The predicted octanol–water partition coefficient (Wildman–Crippen LogP) is 3.40. The second-order valence-electron chi connectivity index (χ2n) is 5.18. The number of hydrogen-bond donors (Lipinski definition) is 0. The van der Waals surface area contributed by atoms with Crippen LogP contribution >= 0.6 is 22.6 Å². The molecule has 1 aliphatic rings. The average Bonchev–Trinajstić information content (AvgIpc) is 2.38. The van der Waals surface area contributed by atoms with E-state index >= 15 is 0 Å². The first-order valence-electron chi connectivity index (χ1n) is 6.74. The quantitative estimate of drug-likeness (QED) is 0.744. The van der Waals surface area contributed by atoms with Crippen LogP contribution in [0.1, 0.15) is 43.0 Å². The highest BCUT2D eigenvalue weighted by molar-refractivity contribution is 14.1. The molecule has 0 spiro atoms. The summed E-state index contributed by atoms with van der Waals surface area (Å²) >= 11 is 1.98. The zero-order chi connectivity index (χ0) is 14.7. The van der Waals surface area contributed by atoms with Crippen molar-refractivity contribution in [2.75, 3.05) is 6.54 Å². The van der Waals surface area contributed by atoms with Gasteiger partial charge in [0.05, 0.1) is 5.56 Å². The predicted molar refractivity (Wildman–Crippen MR) is 83.1 cm³/mol. The fraction of sp³-hybridized carbons (Fsp3) is 0.467. The van der Waals surface area contributed by atoms with Gasteiger partial charge >= 0.3 is 0 Å². The molecule has 20 heavy (non-hydrogen) atoms. The molecule has 0 bridgehead atoms. The minimum absolute atomic E-state index is 0.0189.